The highest BCUT2D eigenvalue weighted by molar-refractivity contribution is 5.78. The number of hydrogen-bond acceptors (Lipinski definition) is 5. The minimum atomic E-state index is -0.486. The lowest BCUT2D eigenvalue weighted by Gasteiger charge is -2.10. The van der Waals surface area contributed by atoms with Crippen molar-refractivity contribution in [3.05, 3.63) is 63.7 Å². The molecule has 0 saturated heterocycles. The van der Waals surface area contributed by atoms with E-state index in [9.17, 15) is 14.9 Å². The molecule has 0 aliphatic rings. The van der Waals surface area contributed by atoms with Crippen LogP contribution in [0.3, 0.4) is 0 Å². The Kier molecular flexibility index (Phi) is 5.14. The minimum Gasteiger partial charge on any atom is -0.484 e. The number of nitro groups is 1. The number of anilines is 1. The molecule has 1 amide bonds. The molecule has 7 nitrogen and oxygen atoms in total. The van der Waals surface area contributed by atoms with E-state index in [4.69, 9.17) is 4.74 Å². The van der Waals surface area contributed by atoms with E-state index in [1.807, 2.05) is 26.0 Å². The number of carbonyl (C=O) groups is 1. The number of hydrogen-bond donors (Lipinski definition) is 2. The summed E-state index contributed by atoms with van der Waals surface area (Å²) in [6.45, 7) is 3.83. The van der Waals surface area contributed by atoms with Gasteiger partial charge in [0, 0.05) is 12.1 Å². The molecule has 0 heterocycles. The Labute approximate surface area is 133 Å². The van der Waals surface area contributed by atoms with Gasteiger partial charge in [-0.2, -0.15) is 0 Å². The largest absolute Gasteiger partial charge is 0.484 e. The van der Waals surface area contributed by atoms with Crippen LogP contribution < -0.4 is 15.6 Å². The smallest absolute Gasteiger partial charge is 0.276 e. The van der Waals surface area contributed by atoms with E-state index in [0.29, 0.717) is 11.4 Å². The Morgan fingerprint density at radius 3 is 2.43 bits per heavy atom. The molecule has 7 heteroatoms. The number of nitrogens with one attached hydrogen (secondary N) is 2. The van der Waals surface area contributed by atoms with Gasteiger partial charge in [0.1, 0.15) is 5.75 Å². The van der Waals surface area contributed by atoms with Crippen molar-refractivity contribution in [3.63, 3.8) is 0 Å². The second-order valence-corrected chi connectivity index (χ2v) is 5.01. The summed E-state index contributed by atoms with van der Waals surface area (Å²) >= 11 is 0. The highest BCUT2D eigenvalue weighted by atomic mass is 16.6. The Hall–Kier alpha value is -3.09. The van der Waals surface area contributed by atoms with Crippen LogP contribution in [0.4, 0.5) is 11.4 Å². The zero-order valence-electron chi connectivity index (χ0n) is 12.8. The summed E-state index contributed by atoms with van der Waals surface area (Å²) in [6, 6.07) is 11.3. The van der Waals surface area contributed by atoms with Gasteiger partial charge in [-0.3, -0.25) is 25.8 Å². The van der Waals surface area contributed by atoms with Crippen LogP contribution in [-0.4, -0.2) is 17.4 Å². The molecule has 0 fully saturated rings. The maximum Gasteiger partial charge on any atom is 0.276 e. The molecule has 0 aromatic heterocycles. The van der Waals surface area contributed by atoms with E-state index in [2.05, 4.69) is 10.9 Å². The fourth-order valence-corrected chi connectivity index (χ4v) is 1.80. The maximum atomic E-state index is 11.7. The second-order valence-electron chi connectivity index (χ2n) is 5.01. The van der Waals surface area contributed by atoms with Gasteiger partial charge in [-0.05, 0) is 49.2 Å². The molecule has 0 atom stereocenters. The SMILES string of the molecule is Cc1ccc(OCC(=O)NNc2ccc([N+](=O)[O-])cc2)cc1C. The van der Waals surface area contributed by atoms with Crippen LogP contribution in [0.25, 0.3) is 0 Å². The zero-order chi connectivity index (χ0) is 16.8. The minimum absolute atomic E-state index is 0.0139. The fourth-order valence-electron chi connectivity index (χ4n) is 1.80. The number of ether oxygens (including phenoxy) is 1. The van der Waals surface area contributed by atoms with Crippen molar-refractivity contribution in [3.8, 4) is 5.75 Å². The zero-order valence-corrected chi connectivity index (χ0v) is 12.8. The highest BCUT2D eigenvalue weighted by Crippen LogP contribution is 2.16. The van der Waals surface area contributed by atoms with Crippen molar-refractivity contribution < 1.29 is 14.5 Å². The van der Waals surface area contributed by atoms with Crippen molar-refractivity contribution in [2.24, 2.45) is 0 Å². The number of benzene rings is 2. The van der Waals surface area contributed by atoms with Gasteiger partial charge in [-0.15, -0.1) is 0 Å². The van der Waals surface area contributed by atoms with Crippen molar-refractivity contribution in [2.45, 2.75) is 13.8 Å². The second kappa shape index (κ2) is 7.26. The first-order chi connectivity index (χ1) is 11.0. The number of aryl methyl sites for hydroxylation is 2. The summed E-state index contributed by atoms with van der Waals surface area (Å²) in [6.07, 6.45) is 0. The third kappa shape index (κ3) is 4.70. The van der Waals surface area contributed by atoms with Gasteiger partial charge in [0.25, 0.3) is 11.6 Å². The van der Waals surface area contributed by atoms with Crippen LogP contribution in [0.15, 0.2) is 42.5 Å². The van der Waals surface area contributed by atoms with Gasteiger partial charge in [-0.25, -0.2) is 0 Å². The molecule has 0 radical (unpaired) electrons. The Balaban J connectivity index is 1.80. The standard InChI is InChI=1S/C16H17N3O4/c1-11-3-8-15(9-12(11)2)23-10-16(20)18-17-13-4-6-14(7-5-13)19(21)22/h3-9,17H,10H2,1-2H3,(H,18,20). The Bertz CT molecular complexity index is 714. The Morgan fingerprint density at radius 2 is 1.83 bits per heavy atom. The first-order valence-electron chi connectivity index (χ1n) is 6.95. The van der Waals surface area contributed by atoms with E-state index < -0.39 is 4.92 Å². The number of hydrazine groups is 1. The lowest BCUT2D eigenvalue weighted by atomic mass is 10.1. The topological polar surface area (TPSA) is 93.5 Å². The van der Waals surface area contributed by atoms with Crippen LogP contribution in [0.2, 0.25) is 0 Å². The van der Waals surface area contributed by atoms with Gasteiger partial charge in [-0.1, -0.05) is 6.07 Å². The number of rotatable bonds is 6. The molecular weight excluding hydrogens is 298 g/mol. The quantitative estimate of drug-likeness (QED) is 0.631. The molecule has 2 rings (SSSR count). The normalized spacial score (nSPS) is 10.0. The molecule has 23 heavy (non-hydrogen) atoms. The number of nitrogens with zero attached hydrogens (tertiary/aromatic N) is 1. The maximum absolute atomic E-state index is 11.7. The molecule has 0 bridgehead atoms. The number of amides is 1. The van der Waals surface area contributed by atoms with Crippen molar-refractivity contribution in [2.75, 3.05) is 12.0 Å². The van der Waals surface area contributed by atoms with Crippen LogP contribution in [0, 0.1) is 24.0 Å². The van der Waals surface area contributed by atoms with Crippen molar-refractivity contribution in [1.29, 1.82) is 0 Å². The van der Waals surface area contributed by atoms with Gasteiger partial charge in [0.15, 0.2) is 6.61 Å². The van der Waals surface area contributed by atoms with E-state index in [0.717, 1.165) is 11.1 Å². The molecule has 2 aromatic rings. The Morgan fingerprint density at radius 1 is 1.13 bits per heavy atom. The van der Waals surface area contributed by atoms with Gasteiger partial charge in [0.2, 0.25) is 0 Å². The predicted molar refractivity (Wildman–Crippen MR) is 86.3 cm³/mol. The summed E-state index contributed by atoms with van der Waals surface area (Å²) in [5.74, 6) is 0.264. The number of nitro benzene ring substituents is 1. The van der Waals surface area contributed by atoms with Crippen LogP contribution in [0.1, 0.15) is 11.1 Å². The van der Waals surface area contributed by atoms with Gasteiger partial charge >= 0.3 is 0 Å². The summed E-state index contributed by atoms with van der Waals surface area (Å²) in [7, 11) is 0. The average molecular weight is 315 g/mol. The lowest BCUT2D eigenvalue weighted by Crippen LogP contribution is -2.33. The molecule has 0 aliphatic carbocycles. The molecule has 120 valence electrons. The molecule has 0 aliphatic heterocycles. The summed E-state index contributed by atoms with van der Waals surface area (Å²) in [4.78, 5) is 21.8. The first-order valence-corrected chi connectivity index (χ1v) is 6.95. The summed E-state index contributed by atoms with van der Waals surface area (Å²) in [5, 5.41) is 10.5. The van der Waals surface area contributed by atoms with Crippen LogP contribution in [-0.2, 0) is 4.79 Å². The third-order valence-corrected chi connectivity index (χ3v) is 3.27. The predicted octanol–water partition coefficient (Wildman–Crippen LogP) is 2.73. The van der Waals surface area contributed by atoms with E-state index >= 15 is 0 Å². The number of non-ortho nitro benzene ring substituents is 1. The van der Waals surface area contributed by atoms with Gasteiger partial charge < -0.3 is 4.74 Å². The lowest BCUT2D eigenvalue weighted by molar-refractivity contribution is -0.384. The number of carbonyl (C=O) groups excluding carboxylic acids is 1. The first kappa shape index (κ1) is 16.3. The van der Waals surface area contributed by atoms with Crippen LogP contribution >= 0.6 is 0 Å². The van der Waals surface area contributed by atoms with Crippen molar-refractivity contribution in [1.82, 2.24) is 5.43 Å². The molecule has 0 spiro atoms. The molecule has 2 aromatic carbocycles. The monoisotopic (exact) mass is 315 g/mol. The molecule has 2 N–H and O–H groups in total. The van der Waals surface area contributed by atoms with Crippen LogP contribution in [0.5, 0.6) is 5.75 Å². The summed E-state index contributed by atoms with van der Waals surface area (Å²) < 4.78 is 5.40. The highest BCUT2D eigenvalue weighted by Gasteiger charge is 2.06. The van der Waals surface area contributed by atoms with E-state index in [1.54, 1.807) is 6.07 Å². The molecule has 0 saturated carbocycles. The average Bonchev–Trinajstić information content (AvgIpc) is 2.54. The molecular formula is C16H17N3O4. The molecule has 0 unspecified atom stereocenters. The van der Waals surface area contributed by atoms with Crippen molar-refractivity contribution >= 4 is 17.3 Å². The summed E-state index contributed by atoms with van der Waals surface area (Å²) in [5.41, 5.74) is 7.89. The van der Waals surface area contributed by atoms with E-state index in [1.165, 1.54) is 24.3 Å². The van der Waals surface area contributed by atoms with E-state index in [-0.39, 0.29) is 18.2 Å². The third-order valence-electron chi connectivity index (χ3n) is 3.27. The fraction of sp³-hybridized carbons (Fsp3) is 0.188. The van der Waals surface area contributed by atoms with Gasteiger partial charge in [0.05, 0.1) is 10.6 Å².